The van der Waals surface area contributed by atoms with Crippen molar-refractivity contribution < 1.29 is 28.6 Å². The molecule has 0 unspecified atom stereocenters. The van der Waals surface area contributed by atoms with Crippen molar-refractivity contribution in [2.24, 2.45) is 0 Å². The molecule has 67 heavy (non-hydrogen) atoms. The van der Waals surface area contributed by atoms with Crippen molar-refractivity contribution in [2.75, 3.05) is 13.2 Å². The van der Waals surface area contributed by atoms with E-state index in [2.05, 4.69) is 57.2 Å². The maximum absolute atomic E-state index is 12.9. The summed E-state index contributed by atoms with van der Waals surface area (Å²) < 4.78 is 16.9. The molecular weight excluding hydrogens is 829 g/mol. The van der Waals surface area contributed by atoms with Crippen LogP contribution >= 0.6 is 0 Å². The molecule has 0 rings (SSSR count). The predicted octanol–water partition coefficient (Wildman–Crippen LogP) is 19.7. The third-order valence-corrected chi connectivity index (χ3v) is 13.1. The molecule has 0 saturated carbocycles. The van der Waals surface area contributed by atoms with Gasteiger partial charge in [-0.2, -0.15) is 0 Å². The van der Waals surface area contributed by atoms with Crippen LogP contribution in [0.1, 0.15) is 316 Å². The van der Waals surface area contributed by atoms with E-state index in [1.165, 1.54) is 212 Å². The zero-order chi connectivity index (χ0) is 48.6. The van der Waals surface area contributed by atoms with Crippen LogP contribution in [0.25, 0.3) is 0 Å². The van der Waals surface area contributed by atoms with Crippen LogP contribution in [0.3, 0.4) is 0 Å². The molecule has 0 spiro atoms. The number of carbonyl (C=O) groups is 3. The Labute approximate surface area is 416 Å². The highest BCUT2D eigenvalue weighted by Crippen LogP contribution is 2.16. The normalized spacial score (nSPS) is 12.2. The Hall–Kier alpha value is -2.37. The molecule has 6 heteroatoms. The summed E-state index contributed by atoms with van der Waals surface area (Å²) in [6.07, 6.45) is 67.0. The molecule has 0 aromatic carbocycles. The largest absolute Gasteiger partial charge is 0.462 e. The number of ether oxygens (including phenoxy) is 3. The molecular formula is C61H112O6. The van der Waals surface area contributed by atoms with E-state index in [0.717, 1.165) is 64.2 Å². The molecule has 6 nitrogen and oxygen atoms in total. The van der Waals surface area contributed by atoms with Crippen LogP contribution in [0, 0.1) is 0 Å². The highest BCUT2D eigenvalue weighted by atomic mass is 16.6. The lowest BCUT2D eigenvalue weighted by Crippen LogP contribution is -2.30. The Morgan fingerprint density at radius 2 is 0.537 bits per heavy atom. The van der Waals surface area contributed by atoms with E-state index >= 15 is 0 Å². The molecule has 0 aliphatic rings. The summed E-state index contributed by atoms with van der Waals surface area (Å²) in [6, 6.07) is 0. The monoisotopic (exact) mass is 941 g/mol. The molecule has 0 aliphatic carbocycles. The van der Waals surface area contributed by atoms with E-state index in [9.17, 15) is 14.4 Å². The maximum atomic E-state index is 12.9. The van der Waals surface area contributed by atoms with Gasteiger partial charge in [0.25, 0.3) is 0 Å². The third-order valence-electron chi connectivity index (χ3n) is 13.1. The average Bonchev–Trinajstić information content (AvgIpc) is 3.33. The first-order chi connectivity index (χ1) is 33.0. The Bertz CT molecular complexity index is 1130. The van der Waals surface area contributed by atoms with Crippen LogP contribution in [0.4, 0.5) is 0 Å². The molecule has 0 saturated heterocycles. The smallest absolute Gasteiger partial charge is 0.306 e. The van der Waals surface area contributed by atoms with Gasteiger partial charge in [-0.1, -0.05) is 256 Å². The average molecular weight is 942 g/mol. The minimum atomic E-state index is -0.773. The fourth-order valence-electron chi connectivity index (χ4n) is 8.65. The van der Waals surface area contributed by atoms with Gasteiger partial charge in [-0.25, -0.2) is 0 Å². The molecule has 0 fully saturated rings. The van der Waals surface area contributed by atoms with Gasteiger partial charge >= 0.3 is 17.9 Å². The number of rotatable bonds is 54. The summed E-state index contributed by atoms with van der Waals surface area (Å²) in [6.45, 7) is 6.64. The first-order valence-electron chi connectivity index (χ1n) is 29.5. The van der Waals surface area contributed by atoms with Gasteiger partial charge in [0.05, 0.1) is 0 Å². The highest BCUT2D eigenvalue weighted by molar-refractivity contribution is 5.71. The predicted molar refractivity (Wildman–Crippen MR) is 289 cm³/mol. The quantitative estimate of drug-likeness (QED) is 0.0262. The minimum Gasteiger partial charge on any atom is -0.462 e. The number of hydrogen-bond acceptors (Lipinski definition) is 6. The Kier molecular flexibility index (Phi) is 54.2. The minimum absolute atomic E-state index is 0.0713. The first kappa shape index (κ1) is 64.6. The van der Waals surface area contributed by atoms with E-state index in [1.807, 2.05) is 0 Å². The molecule has 0 aliphatic heterocycles. The van der Waals surface area contributed by atoms with Crippen LogP contribution in [0.15, 0.2) is 36.5 Å². The summed E-state index contributed by atoms with van der Waals surface area (Å²) >= 11 is 0. The van der Waals surface area contributed by atoms with E-state index in [1.54, 1.807) is 0 Å². The van der Waals surface area contributed by atoms with Crippen molar-refractivity contribution in [3.8, 4) is 0 Å². The fourth-order valence-corrected chi connectivity index (χ4v) is 8.65. The van der Waals surface area contributed by atoms with Gasteiger partial charge in [-0.15, -0.1) is 0 Å². The van der Waals surface area contributed by atoms with Crippen LogP contribution in [-0.4, -0.2) is 37.2 Å². The molecule has 1 atom stereocenters. The summed E-state index contributed by atoms with van der Waals surface area (Å²) in [5, 5.41) is 0. The second kappa shape index (κ2) is 56.2. The summed E-state index contributed by atoms with van der Waals surface area (Å²) in [7, 11) is 0. The van der Waals surface area contributed by atoms with Crippen molar-refractivity contribution in [1.29, 1.82) is 0 Å². The molecule has 0 heterocycles. The lowest BCUT2D eigenvalue weighted by atomic mass is 10.0. The third kappa shape index (κ3) is 54.4. The molecule has 0 bridgehead atoms. The Morgan fingerprint density at radius 1 is 0.299 bits per heavy atom. The SMILES string of the molecule is CCCCC/C=C\C/C=C\CCCCCCCCCCCC(=O)OC[C@@H](COC(=O)CCCCCCCCCCCCCCC)OC(=O)CCCCCCCCC/C=C\CCCCCCCC. The van der Waals surface area contributed by atoms with Gasteiger partial charge < -0.3 is 14.2 Å². The number of esters is 3. The Morgan fingerprint density at radius 3 is 0.866 bits per heavy atom. The molecule has 0 radical (unpaired) electrons. The zero-order valence-electron chi connectivity index (χ0n) is 44.9. The van der Waals surface area contributed by atoms with Gasteiger partial charge in [-0.05, 0) is 77.0 Å². The van der Waals surface area contributed by atoms with E-state index in [0.29, 0.717) is 19.3 Å². The first-order valence-corrected chi connectivity index (χ1v) is 29.5. The van der Waals surface area contributed by atoms with Crippen LogP contribution in [-0.2, 0) is 28.6 Å². The summed E-state index contributed by atoms with van der Waals surface area (Å²) in [4.78, 5) is 38.2. The van der Waals surface area contributed by atoms with Gasteiger partial charge in [0, 0.05) is 19.3 Å². The number of unbranched alkanes of at least 4 members (excludes halogenated alkanes) is 37. The van der Waals surface area contributed by atoms with Gasteiger partial charge in [0.15, 0.2) is 6.10 Å². The van der Waals surface area contributed by atoms with Gasteiger partial charge in [-0.3, -0.25) is 14.4 Å². The summed E-state index contributed by atoms with van der Waals surface area (Å²) in [5.74, 6) is -0.862. The molecule has 0 aromatic rings. The summed E-state index contributed by atoms with van der Waals surface area (Å²) in [5.41, 5.74) is 0. The van der Waals surface area contributed by atoms with Crippen LogP contribution in [0.5, 0.6) is 0 Å². The van der Waals surface area contributed by atoms with E-state index < -0.39 is 6.10 Å². The van der Waals surface area contributed by atoms with Crippen LogP contribution in [0.2, 0.25) is 0 Å². The second-order valence-corrected chi connectivity index (χ2v) is 19.9. The van der Waals surface area contributed by atoms with E-state index in [4.69, 9.17) is 14.2 Å². The topological polar surface area (TPSA) is 78.9 Å². The zero-order valence-corrected chi connectivity index (χ0v) is 44.9. The van der Waals surface area contributed by atoms with Crippen LogP contribution < -0.4 is 0 Å². The van der Waals surface area contributed by atoms with Gasteiger partial charge in [0.2, 0.25) is 0 Å². The number of carbonyl (C=O) groups excluding carboxylic acids is 3. The Balaban J connectivity index is 4.33. The number of allylic oxidation sites excluding steroid dienone is 6. The lowest BCUT2D eigenvalue weighted by molar-refractivity contribution is -0.167. The van der Waals surface area contributed by atoms with Crippen molar-refractivity contribution in [3.05, 3.63) is 36.5 Å². The second-order valence-electron chi connectivity index (χ2n) is 19.9. The standard InChI is InChI=1S/C61H112O6/c1-4-7-10-13-16-19-22-25-27-29-30-32-33-36-39-42-45-48-51-54-60(63)66-57-58(56-65-59(62)53-50-47-44-41-38-35-24-21-18-15-12-9-6-3)67-61(64)55-52-49-46-43-40-37-34-31-28-26-23-20-17-14-11-8-5-2/h16,19,25-28,58H,4-15,17-18,20-24,29-57H2,1-3H3/b19-16-,27-25-,28-26-/t58-/m1/s1. The fraction of sp³-hybridized carbons (Fsp3) is 0.852. The molecule has 392 valence electrons. The number of hydrogen-bond donors (Lipinski definition) is 0. The highest BCUT2D eigenvalue weighted by Gasteiger charge is 2.19. The lowest BCUT2D eigenvalue weighted by Gasteiger charge is -2.18. The molecule has 0 amide bonds. The van der Waals surface area contributed by atoms with Crippen molar-refractivity contribution in [3.63, 3.8) is 0 Å². The van der Waals surface area contributed by atoms with Crippen molar-refractivity contribution >= 4 is 17.9 Å². The maximum Gasteiger partial charge on any atom is 0.306 e. The molecule has 0 N–H and O–H groups in total. The van der Waals surface area contributed by atoms with Crippen molar-refractivity contribution in [2.45, 2.75) is 322 Å². The van der Waals surface area contributed by atoms with Crippen molar-refractivity contribution in [1.82, 2.24) is 0 Å². The van der Waals surface area contributed by atoms with E-state index in [-0.39, 0.29) is 31.1 Å². The van der Waals surface area contributed by atoms with Gasteiger partial charge in [0.1, 0.15) is 13.2 Å². The molecule has 0 aromatic heterocycles.